The number of carbonyl (C=O) groups is 1. The van der Waals surface area contributed by atoms with Crippen molar-refractivity contribution in [2.24, 2.45) is 5.92 Å². The molecule has 0 rings (SSSR count). The van der Waals surface area contributed by atoms with Crippen LogP contribution in [0, 0.1) is 5.92 Å². The van der Waals surface area contributed by atoms with Crippen molar-refractivity contribution in [3.63, 3.8) is 0 Å². The third kappa shape index (κ3) is 2.56. The third-order valence-corrected chi connectivity index (χ3v) is 1.60. The number of hydrogen-bond donors (Lipinski definition) is 1. The molecule has 1 amide bonds. The smallest absolute Gasteiger partial charge is 0.227 e. The quantitative estimate of drug-likeness (QED) is 0.581. The molecular formula is C6H11NOS. The molecule has 0 aliphatic carbocycles. The third-order valence-electron chi connectivity index (χ3n) is 1.25. The Kier molecular flexibility index (Phi) is 3.39. The normalized spacial score (nSPS) is 12.3. The Hall–Kier alpha value is -0.440. The zero-order chi connectivity index (χ0) is 7.44. The summed E-state index contributed by atoms with van der Waals surface area (Å²) >= 11 is 4.80. The Morgan fingerprint density at radius 1 is 1.67 bits per heavy atom. The molecule has 0 fully saturated rings. The van der Waals surface area contributed by atoms with Crippen molar-refractivity contribution in [1.82, 2.24) is 5.32 Å². The Balaban J connectivity index is 3.88. The van der Waals surface area contributed by atoms with E-state index in [0.717, 1.165) is 4.86 Å². The average Bonchev–Trinajstić information content (AvgIpc) is 1.84. The van der Waals surface area contributed by atoms with E-state index in [1.54, 1.807) is 20.9 Å². The van der Waals surface area contributed by atoms with Crippen LogP contribution in [0.1, 0.15) is 13.8 Å². The van der Waals surface area contributed by atoms with Gasteiger partial charge in [-0.25, -0.2) is 0 Å². The first kappa shape index (κ1) is 8.56. The summed E-state index contributed by atoms with van der Waals surface area (Å²) in [5.41, 5.74) is 0. The van der Waals surface area contributed by atoms with Gasteiger partial charge in [0.2, 0.25) is 5.91 Å². The van der Waals surface area contributed by atoms with Crippen LogP contribution in [0.15, 0.2) is 0 Å². The molecule has 0 bridgehead atoms. The average molecular weight is 145 g/mol. The van der Waals surface area contributed by atoms with Gasteiger partial charge in [-0.2, -0.15) is 0 Å². The van der Waals surface area contributed by atoms with Crippen LogP contribution in [0.4, 0.5) is 0 Å². The van der Waals surface area contributed by atoms with Crippen LogP contribution in [0.25, 0.3) is 0 Å². The van der Waals surface area contributed by atoms with Gasteiger partial charge in [0.15, 0.2) is 0 Å². The molecule has 0 aliphatic heterocycles. The summed E-state index contributed by atoms with van der Waals surface area (Å²) in [6.45, 7) is 3.57. The lowest BCUT2D eigenvalue weighted by atomic mass is 10.1. The fourth-order valence-electron chi connectivity index (χ4n) is 0.401. The highest BCUT2D eigenvalue weighted by atomic mass is 32.1. The molecule has 52 valence electrons. The molecule has 1 N–H and O–H groups in total. The number of nitrogens with one attached hydrogen (secondary N) is 1. The lowest BCUT2D eigenvalue weighted by Crippen LogP contribution is -2.28. The fourth-order valence-corrected chi connectivity index (χ4v) is 0.508. The molecular weight excluding hydrogens is 134 g/mol. The van der Waals surface area contributed by atoms with Gasteiger partial charge in [-0.3, -0.25) is 4.79 Å². The summed E-state index contributed by atoms with van der Waals surface area (Å²) in [5.74, 6) is -0.146. The van der Waals surface area contributed by atoms with Gasteiger partial charge in [-0.1, -0.05) is 12.2 Å². The fraction of sp³-hybridized carbons (Fsp3) is 0.667. The Bertz CT molecular complexity index is 133. The van der Waals surface area contributed by atoms with Crippen molar-refractivity contribution in [3.8, 4) is 0 Å². The molecule has 0 aliphatic rings. The van der Waals surface area contributed by atoms with E-state index < -0.39 is 0 Å². The topological polar surface area (TPSA) is 29.1 Å². The predicted octanol–water partition coefficient (Wildman–Crippen LogP) is 0.758. The van der Waals surface area contributed by atoms with E-state index in [2.05, 4.69) is 5.32 Å². The van der Waals surface area contributed by atoms with E-state index in [1.807, 2.05) is 0 Å². The van der Waals surface area contributed by atoms with Gasteiger partial charge in [0.1, 0.15) is 0 Å². The van der Waals surface area contributed by atoms with Gasteiger partial charge < -0.3 is 5.32 Å². The largest absolute Gasteiger partial charge is 0.359 e. The highest BCUT2D eigenvalue weighted by Crippen LogP contribution is 1.96. The molecule has 0 radical (unpaired) electrons. The van der Waals surface area contributed by atoms with Gasteiger partial charge in [0.25, 0.3) is 0 Å². The molecule has 2 nitrogen and oxygen atoms in total. The van der Waals surface area contributed by atoms with E-state index in [4.69, 9.17) is 12.2 Å². The number of carbonyl (C=O) groups excluding carboxylic acids is 1. The molecule has 0 aromatic heterocycles. The summed E-state index contributed by atoms with van der Waals surface area (Å²) in [5, 5.41) is 2.52. The van der Waals surface area contributed by atoms with Crippen LogP contribution in [-0.4, -0.2) is 17.8 Å². The summed E-state index contributed by atoms with van der Waals surface area (Å²) in [7, 11) is 1.61. The van der Waals surface area contributed by atoms with Crippen LogP contribution in [0.5, 0.6) is 0 Å². The molecule has 1 atom stereocenters. The first-order valence-corrected chi connectivity index (χ1v) is 3.22. The molecule has 0 aromatic carbocycles. The van der Waals surface area contributed by atoms with Gasteiger partial charge in [-0.05, 0) is 13.8 Å². The second-order valence-corrected chi connectivity index (χ2v) is 2.59. The summed E-state index contributed by atoms with van der Waals surface area (Å²) < 4.78 is 0. The summed E-state index contributed by atoms with van der Waals surface area (Å²) in [6.07, 6.45) is 0. The molecule has 3 heteroatoms. The van der Waals surface area contributed by atoms with E-state index in [0.29, 0.717) is 0 Å². The van der Waals surface area contributed by atoms with Crippen molar-refractivity contribution >= 4 is 23.0 Å². The number of amides is 1. The van der Waals surface area contributed by atoms with Crippen LogP contribution < -0.4 is 5.32 Å². The van der Waals surface area contributed by atoms with Gasteiger partial charge in [0, 0.05) is 11.9 Å². The second kappa shape index (κ2) is 3.56. The first-order valence-electron chi connectivity index (χ1n) is 2.81. The number of thiocarbonyl (C=S) groups is 1. The number of hydrogen-bond acceptors (Lipinski definition) is 2. The lowest BCUT2D eigenvalue weighted by Gasteiger charge is -2.05. The second-order valence-electron chi connectivity index (χ2n) is 1.95. The minimum atomic E-state index is -0.134. The van der Waals surface area contributed by atoms with E-state index in [9.17, 15) is 4.79 Å². The van der Waals surface area contributed by atoms with Crippen LogP contribution >= 0.6 is 12.2 Å². The van der Waals surface area contributed by atoms with Crippen molar-refractivity contribution in [2.45, 2.75) is 13.8 Å². The zero-order valence-corrected chi connectivity index (χ0v) is 6.71. The standard InChI is InChI=1S/C6H11NOS/c1-4(5(2)9)6(8)7-3/h4H,1-3H3,(H,7,8). The highest BCUT2D eigenvalue weighted by molar-refractivity contribution is 7.80. The summed E-state index contributed by atoms with van der Waals surface area (Å²) in [4.78, 5) is 11.5. The minimum Gasteiger partial charge on any atom is -0.359 e. The van der Waals surface area contributed by atoms with Crippen molar-refractivity contribution in [2.75, 3.05) is 7.05 Å². The molecule has 0 heterocycles. The van der Waals surface area contributed by atoms with Crippen molar-refractivity contribution in [1.29, 1.82) is 0 Å². The molecule has 1 unspecified atom stereocenters. The minimum absolute atomic E-state index is 0.0116. The van der Waals surface area contributed by atoms with Crippen molar-refractivity contribution in [3.05, 3.63) is 0 Å². The highest BCUT2D eigenvalue weighted by Gasteiger charge is 2.11. The predicted molar refractivity (Wildman–Crippen MR) is 41.5 cm³/mol. The SMILES string of the molecule is CNC(=O)C(C)C(C)=S. The monoisotopic (exact) mass is 145 g/mol. The maximum absolute atomic E-state index is 10.8. The van der Waals surface area contributed by atoms with Gasteiger partial charge in [0.05, 0.1) is 5.92 Å². The van der Waals surface area contributed by atoms with Crippen LogP contribution in [-0.2, 0) is 4.79 Å². The first-order chi connectivity index (χ1) is 4.09. The molecule has 9 heavy (non-hydrogen) atoms. The van der Waals surface area contributed by atoms with E-state index in [-0.39, 0.29) is 11.8 Å². The molecule has 0 aromatic rings. The number of rotatable bonds is 2. The van der Waals surface area contributed by atoms with Crippen LogP contribution in [0.3, 0.4) is 0 Å². The van der Waals surface area contributed by atoms with Gasteiger partial charge >= 0.3 is 0 Å². The molecule has 0 saturated heterocycles. The van der Waals surface area contributed by atoms with E-state index in [1.165, 1.54) is 0 Å². The Morgan fingerprint density at radius 2 is 2.11 bits per heavy atom. The maximum Gasteiger partial charge on any atom is 0.227 e. The molecule has 0 spiro atoms. The van der Waals surface area contributed by atoms with Crippen LogP contribution in [0.2, 0.25) is 0 Å². The Morgan fingerprint density at radius 3 is 2.22 bits per heavy atom. The van der Waals surface area contributed by atoms with Gasteiger partial charge in [-0.15, -0.1) is 0 Å². The zero-order valence-electron chi connectivity index (χ0n) is 5.89. The maximum atomic E-state index is 10.8. The van der Waals surface area contributed by atoms with E-state index >= 15 is 0 Å². The van der Waals surface area contributed by atoms with Crippen molar-refractivity contribution < 1.29 is 4.79 Å². The lowest BCUT2D eigenvalue weighted by molar-refractivity contribution is -0.122. The Labute approximate surface area is 60.6 Å². The molecule has 0 saturated carbocycles. The summed E-state index contributed by atoms with van der Waals surface area (Å²) in [6, 6.07) is 0.